The van der Waals surface area contributed by atoms with E-state index in [1.54, 1.807) is 24.3 Å². The number of nitrogens with one attached hydrogen (secondary N) is 1. The molecule has 2 bridgehead atoms. The van der Waals surface area contributed by atoms with Gasteiger partial charge in [0, 0.05) is 17.5 Å². The zero-order valence-electron chi connectivity index (χ0n) is 26.1. The molecule has 1 N–H and O–H groups in total. The Kier molecular flexibility index (Phi) is 9.01. The molecule has 3 aromatic rings. The second kappa shape index (κ2) is 13.3. The molecular weight excluding hydrogens is 584 g/mol. The number of carbonyl (C=O) groups excluding carboxylic acids is 5. The van der Waals surface area contributed by atoms with Gasteiger partial charge in [-0.1, -0.05) is 81.6 Å². The summed E-state index contributed by atoms with van der Waals surface area (Å²) in [5, 5.41) is 2.65. The van der Waals surface area contributed by atoms with Crippen LogP contribution in [-0.4, -0.2) is 53.8 Å². The lowest BCUT2D eigenvalue weighted by Crippen LogP contribution is -2.47. The molecule has 1 saturated heterocycles. The minimum Gasteiger partial charge on any atom is -0.462 e. The number of carbonyl (C=O) groups is 5. The smallest absolute Gasteiger partial charge is 0.338 e. The van der Waals surface area contributed by atoms with E-state index in [0.717, 1.165) is 46.4 Å². The Morgan fingerprint density at radius 1 is 0.739 bits per heavy atom. The van der Waals surface area contributed by atoms with Gasteiger partial charge in [0.05, 0.1) is 24.0 Å². The van der Waals surface area contributed by atoms with Gasteiger partial charge in [-0.25, -0.2) is 9.59 Å². The molecular formula is C37H38N2O7. The first-order valence-corrected chi connectivity index (χ1v) is 16.1. The molecule has 9 heteroatoms. The number of unbranched alkanes of at least 4 members (excludes halogenated alkanes) is 2. The molecule has 238 valence electrons. The van der Waals surface area contributed by atoms with Crippen LogP contribution in [0.25, 0.3) is 0 Å². The molecule has 1 fully saturated rings. The Hall–Kier alpha value is -4.79. The maximum Gasteiger partial charge on any atom is 0.338 e. The Labute approximate surface area is 268 Å². The molecule has 1 heterocycles. The number of hydrogen-bond donors (Lipinski definition) is 1. The fraction of sp³-hybridized carbons (Fsp3) is 0.378. The van der Waals surface area contributed by atoms with E-state index in [1.807, 2.05) is 62.4 Å². The van der Waals surface area contributed by atoms with Crippen molar-refractivity contribution in [1.82, 2.24) is 4.90 Å². The van der Waals surface area contributed by atoms with Crippen molar-refractivity contribution in [2.45, 2.75) is 63.8 Å². The van der Waals surface area contributed by atoms with Crippen LogP contribution in [0.1, 0.15) is 90.4 Å². The molecule has 0 radical (unpaired) electrons. The Balaban J connectivity index is 1.15. The van der Waals surface area contributed by atoms with Gasteiger partial charge >= 0.3 is 11.9 Å². The zero-order valence-corrected chi connectivity index (χ0v) is 26.1. The molecule has 0 spiro atoms. The van der Waals surface area contributed by atoms with Crippen molar-refractivity contribution in [2.75, 3.05) is 18.5 Å². The van der Waals surface area contributed by atoms with Crippen molar-refractivity contribution in [1.29, 1.82) is 0 Å². The molecule has 9 nitrogen and oxygen atoms in total. The van der Waals surface area contributed by atoms with E-state index >= 15 is 0 Å². The van der Waals surface area contributed by atoms with Gasteiger partial charge < -0.3 is 14.8 Å². The van der Waals surface area contributed by atoms with Gasteiger partial charge in [-0.05, 0) is 59.4 Å². The summed E-state index contributed by atoms with van der Waals surface area (Å²) < 4.78 is 10.6. The third kappa shape index (κ3) is 5.59. The van der Waals surface area contributed by atoms with E-state index in [-0.39, 0.29) is 30.1 Å². The second-order valence-electron chi connectivity index (χ2n) is 12.2. The number of benzene rings is 3. The Morgan fingerprint density at radius 3 is 1.76 bits per heavy atom. The van der Waals surface area contributed by atoms with E-state index in [4.69, 9.17) is 9.47 Å². The highest BCUT2D eigenvalue weighted by atomic mass is 16.5. The summed E-state index contributed by atoms with van der Waals surface area (Å²) in [6.07, 6.45) is 3.29. The Bertz CT molecular complexity index is 1550. The first kappa shape index (κ1) is 31.2. The normalized spacial score (nSPS) is 21.2. The number of esters is 2. The number of ether oxygens (including phenoxy) is 2. The maximum absolute atomic E-state index is 14.2. The monoisotopic (exact) mass is 622 g/mol. The number of amides is 3. The minimum atomic E-state index is -1.12. The molecule has 3 aromatic carbocycles. The van der Waals surface area contributed by atoms with Crippen LogP contribution in [0.15, 0.2) is 72.8 Å². The lowest BCUT2D eigenvalue weighted by atomic mass is 9.55. The van der Waals surface area contributed by atoms with E-state index in [1.165, 1.54) is 0 Å². The van der Waals surface area contributed by atoms with Crippen molar-refractivity contribution < 1.29 is 33.4 Å². The molecule has 1 aliphatic heterocycles. The highest BCUT2D eigenvalue weighted by Crippen LogP contribution is 2.61. The SMILES string of the molecule is CCCCOC(=O)c1ccc(NC(=O)COC(=O)[C@H](CCCC)N2C(=O)[C@H]3C4c5ccccc5C(c5ccccc54)[C@@H]3C2=O)cc1. The molecule has 4 aliphatic rings. The van der Waals surface area contributed by atoms with Crippen LogP contribution in [0.5, 0.6) is 0 Å². The van der Waals surface area contributed by atoms with E-state index < -0.39 is 42.3 Å². The predicted octanol–water partition coefficient (Wildman–Crippen LogP) is 5.58. The van der Waals surface area contributed by atoms with Crippen molar-refractivity contribution >= 4 is 35.3 Å². The molecule has 0 saturated carbocycles. The summed E-state index contributed by atoms with van der Waals surface area (Å²) >= 11 is 0. The van der Waals surface area contributed by atoms with Crippen molar-refractivity contribution in [3.63, 3.8) is 0 Å². The predicted molar refractivity (Wildman–Crippen MR) is 170 cm³/mol. The fourth-order valence-electron chi connectivity index (χ4n) is 7.27. The maximum atomic E-state index is 14.2. The van der Waals surface area contributed by atoms with Crippen LogP contribution >= 0.6 is 0 Å². The number of nitrogens with zero attached hydrogens (tertiary/aromatic N) is 1. The van der Waals surface area contributed by atoms with Crippen LogP contribution in [0.4, 0.5) is 5.69 Å². The van der Waals surface area contributed by atoms with Gasteiger partial charge in [-0.3, -0.25) is 19.3 Å². The summed E-state index contributed by atoms with van der Waals surface area (Å²) in [6, 6.07) is 21.1. The van der Waals surface area contributed by atoms with Gasteiger partial charge in [-0.2, -0.15) is 0 Å². The van der Waals surface area contributed by atoms with Gasteiger partial charge in [0.25, 0.3) is 5.91 Å². The number of imide groups is 1. The highest BCUT2D eigenvalue weighted by molar-refractivity contribution is 6.10. The molecule has 0 unspecified atom stereocenters. The van der Waals surface area contributed by atoms with Gasteiger partial charge in [0.15, 0.2) is 6.61 Å². The second-order valence-corrected chi connectivity index (χ2v) is 12.2. The molecule has 46 heavy (non-hydrogen) atoms. The number of hydrogen-bond acceptors (Lipinski definition) is 7. The topological polar surface area (TPSA) is 119 Å². The van der Waals surface area contributed by atoms with Crippen LogP contribution in [-0.2, 0) is 28.7 Å². The Morgan fingerprint density at radius 2 is 1.26 bits per heavy atom. The fourth-order valence-corrected chi connectivity index (χ4v) is 7.27. The molecule has 7 rings (SSSR count). The first-order valence-electron chi connectivity index (χ1n) is 16.1. The van der Waals surface area contributed by atoms with E-state index in [0.29, 0.717) is 24.3 Å². The van der Waals surface area contributed by atoms with Crippen LogP contribution in [0.2, 0.25) is 0 Å². The number of likely N-dealkylation sites (tertiary alicyclic amines) is 1. The summed E-state index contributed by atoms with van der Waals surface area (Å²) in [5.41, 5.74) is 5.00. The summed E-state index contributed by atoms with van der Waals surface area (Å²) in [7, 11) is 0. The highest BCUT2D eigenvalue weighted by Gasteiger charge is 2.63. The van der Waals surface area contributed by atoms with E-state index in [9.17, 15) is 24.0 Å². The van der Waals surface area contributed by atoms with Crippen molar-refractivity contribution in [3.05, 3.63) is 101 Å². The molecule has 3 atom stereocenters. The summed E-state index contributed by atoms with van der Waals surface area (Å²) in [6.45, 7) is 3.73. The van der Waals surface area contributed by atoms with Gasteiger partial charge in [0.2, 0.25) is 11.8 Å². The standard InChI is InChI=1S/C37H38N2O7/c1-3-5-15-28(37(44)46-21-29(40)38-23-18-16-22(17-19-23)36(43)45-20-6-4-2)39-34(41)32-30-24-11-7-8-12-25(24)31(33(32)35(39)42)27-14-10-9-13-26(27)30/h7-14,16-19,28,30-33H,3-6,15,20-21H2,1-2H3,(H,38,40)/t28-,30?,31?,32-,33-/m0/s1. The largest absolute Gasteiger partial charge is 0.462 e. The number of rotatable bonds is 12. The average molecular weight is 623 g/mol. The lowest BCUT2D eigenvalue weighted by Gasteiger charge is -2.45. The van der Waals surface area contributed by atoms with Crippen molar-refractivity contribution in [3.8, 4) is 0 Å². The molecule has 3 amide bonds. The number of anilines is 1. The molecule has 3 aliphatic carbocycles. The quantitative estimate of drug-likeness (QED) is 0.159. The summed E-state index contributed by atoms with van der Waals surface area (Å²) in [5.74, 6) is -4.28. The lowest BCUT2D eigenvalue weighted by molar-refractivity contribution is -0.160. The van der Waals surface area contributed by atoms with E-state index in [2.05, 4.69) is 5.32 Å². The van der Waals surface area contributed by atoms with Crippen LogP contribution in [0.3, 0.4) is 0 Å². The van der Waals surface area contributed by atoms with Gasteiger partial charge in [-0.15, -0.1) is 0 Å². The minimum absolute atomic E-state index is 0.249. The molecule has 0 aromatic heterocycles. The van der Waals surface area contributed by atoms with Crippen molar-refractivity contribution in [2.24, 2.45) is 11.8 Å². The van der Waals surface area contributed by atoms with Crippen LogP contribution in [0, 0.1) is 11.8 Å². The summed E-state index contributed by atoms with van der Waals surface area (Å²) in [4.78, 5) is 67.9. The average Bonchev–Trinajstić information content (AvgIpc) is 3.34. The van der Waals surface area contributed by atoms with Crippen LogP contribution < -0.4 is 5.32 Å². The third-order valence-corrected chi connectivity index (χ3v) is 9.38. The van der Waals surface area contributed by atoms with Gasteiger partial charge in [0.1, 0.15) is 6.04 Å². The zero-order chi connectivity index (χ0) is 32.4. The first-order chi connectivity index (χ1) is 22.3. The third-order valence-electron chi connectivity index (χ3n) is 9.38.